The zero-order valence-electron chi connectivity index (χ0n) is 7.48. The smallest absolute Gasteiger partial charge is 0.162 e. The van der Waals surface area contributed by atoms with Crippen LogP contribution in [-0.4, -0.2) is 16.9 Å². The van der Waals surface area contributed by atoms with Gasteiger partial charge in [0.1, 0.15) is 0 Å². The van der Waals surface area contributed by atoms with E-state index in [1.807, 2.05) is 0 Å². The van der Waals surface area contributed by atoms with Gasteiger partial charge in [-0.2, -0.15) is 0 Å². The first-order chi connectivity index (χ1) is 6.16. The topological polar surface area (TPSA) is 66.5 Å². The zero-order valence-corrected chi connectivity index (χ0v) is 8.30. The average Bonchev–Trinajstić information content (AvgIpc) is 2.10. The summed E-state index contributed by atoms with van der Waals surface area (Å²) >= 11 is 0. The molecule has 14 heavy (non-hydrogen) atoms. The molecule has 1 atom stereocenters. The maximum absolute atomic E-state index is 11.9. The van der Waals surface area contributed by atoms with Gasteiger partial charge in [-0.25, -0.2) is 0 Å². The third-order valence-electron chi connectivity index (χ3n) is 1.87. The third-order valence-corrected chi connectivity index (χ3v) is 1.87. The van der Waals surface area contributed by atoms with Crippen LogP contribution in [0.4, 0.5) is 4.39 Å². The third kappa shape index (κ3) is 2.75. The Morgan fingerprint density at radius 1 is 1.36 bits per heavy atom. The number of hydrogen-bond donors (Lipinski definition) is 3. The minimum absolute atomic E-state index is 0. The van der Waals surface area contributed by atoms with E-state index >= 15 is 0 Å². The van der Waals surface area contributed by atoms with E-state index in [2.05, 4.69) is 0 Å². The summed E-state index contributed by atoms with van der Waals surface area (Å²) in [5, 5.41) is 18.5. The van der Waals surface area contributed by atoms with Gasteiger partial charge in [-0.15, -0.1) is 12.4 Å². The van der Waals surface area contributed by atoms with Gasteiger partial charge in [0.05, 0.1) is 6.67 Å². The van der Waals surface area contributed by atoms with E-state index in [1.54, 1.807) is 12.1 Å². The van der Waals surface area contributed by atoms with Crippen molar-refractivity contribution in [3.8, 4) is 11.5 Å². The Morgan fingerprint density at radius 2 is 2.00 bits per heavy atom. The van der Waals surface area contributed by atoms with Crippen molar-refractivity contribution in [3.63, 3.8) is 0 Å². The second-order valence-electron chi connectivity index (χ2n) is 2.80. The monoisotopic (exact) mass is 221 g/mol. The summed E-state index contributed by atoms with van der Waals surface area (Å²) in [5.74, 6) is -0.491. The lowest BCUT2D eigenvalue weighted by molar-refractivity contribution is 0.388. The molecular formula is C9H13ClFNO2. The van der Waals surface area contributed by atoms with Crippen molar-refractivity contribution in [3.05, 3.63) is 23.8 Å². The van der Waals surface area contributed by atoms with Crippen LogP contribution in [0.2, 0.25) is 0 Å². The first kappa shape index (κ1) is 13.0. The minimum atomic E-state index is -0.572. The number of benzene rings is 1. The van der Waals surface area contributed by atoms with Crippen LogP contribution in [0.25, 0.3) is 0 Å². The van der Waals surface area contributed by atoms with E-state index in [4.69, 9.17) is 10.8 Å². The van der Waals surface area contributed by atoms with Crippen molar-refractivity contribution in [2.24, 2.45) is 5.73 Å². The number of phenolic OH excluding ortho intramolecular Hbond substituents is 2. The fourth-order valence-electron chi connectivity index (χ4n) is 1.12. The molecule has 0 amide bonds. The summed E-state index contributed by atoms with van der Waals surface area (Å²) in [6, 6.07) is 3.90. The van der Waals surface area contributed by atoms with Crippen LogP contribution < -0.4 is 5.73 Å². The van der Waals surface area contributed by atoms with Crippen LogP contribution in [0.5, 0.6) is 11.5 Å². The van der Waals surface area contributed by atoms with E-state index in [0.717, 1.165) is 0 Å². The number of rotatable bonds is 3. The van der Waals surface area contributed by atoms with Crippen molar-refractivity contribution < 1.29 is 14.6 Å². The molecule has 0 aliphatic carbocycles. The highest BCUT2D eigenvalue weighted by atomic mass is 35.5. The molecule has 0 aliphatic rings. The number of alkyl halides is 1. The Hall–Kier alpha value is -1.00. The molecule has 0 radical (unpaired) electrons. The van der Waals surface area contributed by atoms with Crippen molar-refractivity contribution in [1.29, 1.82) is 0 Å². The molecule has 1 aromatic carbocycles. The van der Waals surface area contributed by atoms with Crippen LogP contribution in [0.15, 0.2) is 18.2 Å². The van der Waals surface area contributed by atoms with Gasteiger partial charge in [-0.1, -0.05) is 12.1 Å². The molecule has 1 aromatic rings. The SMILES string of the molecule is Cl.N[C@@H](CCF)c1cccc(O)c1O. The van der Waals surface area contributed by atoms with Gasteiger partial charge in [0.2, 0.25) is 0 Å². The van der Waals surface area contributed by atoms with E-state index in [1.165, 1.54) is 6.07 Å². The molecule has 3 nitrogen and oxygen atoms in total. The highest BCUT2D eigenvalue weighted by Crippen LogP contribution is 2.32. The summed E-state index contributed by atoms with van der Waals surface area (Å²) in [6.45, 7) is -0.545. The summed E-state index contributed by atoms with van der Waals surface area (Å²) in [6.07, 6.45) is 0.136. The summed E-state index contributed by atoms with van der Waals surface area (Å²) in [4.78, 5) is 0. The van der Waals surface area contributed by atoms with Crippen LogP contribution in [0.3, 0.4) is 0 Å². The number of hydrogen-bond acceptors (Lipinski definition) is 3. The largest absolute Gasteiger partial charge is 0.504 e. The normalized spacial score (nSPS) is 11.9. The van der Waals surface area contributed by atoms with E-state index in [9.17, 15) is 9.50 Å². The Morgan fingerprint density at radius 3 is 2.57 bits per heavy atom. The van der Waals surface area contributed by atoms with E-state index in [0.29, 0.717) is 5.56 Å². The van der Waals surface area contributed by atoms with Crippen LogP contribution >= 0.6 is 12.4 Å². The molecule has 1 rings (SSSR count). The Labute approximate surface area is 87.8 Å². The predicted octanol–water partition coefficient (Wildman–Crippen LogP) is 1.88. The minimum Gasteiger partial charge on any atom is -0.504 e. The van der Waals surface area contributed by atoms with Crippen molar-refractivity contribution in [2.45, 2.75) is 12.5 Å². The maximum Gasteiger partial charge on any atom is 0.162 e. The first-order valence-corrected chi connectivity index (χ1v) is 3.99. The van der Waals surface area contributed by atoms with Gasteiger partial charge in [-0.3, -0.25) is 4.39 Å². The Balaban J connectivity index is 0.00000169. The molecular weight excluding hydrogens is 209 g/mol. The fraction of sp³-hybridized carbons (Fsp3) is 0.333. The van der Waals surface area contributed by atoms with Gasteiger partial charge in [-0.05, 0) is 12.5 Å². The van der Waals surface area contributed by atoms with Crippen molar-refractivity contribution >= 4 is 12.4 Å². The second-order valence-corrected chi connectivity index (χ2v) is 2.80. The molecule has 0 bridgehead atoms. The number of halogens is 2. The van der Waals surface area contributed by atoms with Crippen LogP contribution in [0.1, 0.15) is 18.0 Å². The highest BCUT2D eigenvalue weighted by molar-refractivity contribution is 5.85. The molecule has 0 aromatic heterocycles. The first-order valence-electron chi connectivity index (χ1n) is 3.99. The highest BCUT2D eigenvalue weighted by Gasteiger charge is 2.12. The number of nitrogens with two attached hydrogens (primary N) is 1. The number of phenols is 2. The standard InChI is InChI=1S/C9H12FNO2.ClH/c10-5-4-7(11)6-2-1-3-8(12)9(6)13;/h1-3,7,12-13H,4-5,11H2;1H/t7-;/m0./s1. The van der Waals surface area contributed by atoms with E-state index in [-0.39, 0.29) is 30.3 Å². The molecule has 0 fully saturated rings. The Bertz CT molecular complexity index is 296. The average molecular weight is 222 g/mol. The van der Waals surface area contributed by atoms with Crippen molar-refractivity contribution in [1.82, 2.24) is 0 Å². The lowest BCUT2D eigenvalue weighted by Crippen LogP contribution is -2.10. The molecule has 0 heterocycles. The lowest BCUT2D eigenvalue weighted by atomic mass is 10.0. The molecule has 0 aliphatic heterocycles. The molecule has 0 unspecified atom stereocenters. The summed E-state index contributed by atoms with van der Waals surface area (Å²) in [7, 11) is 0. The molecule has 0 saturated heterocycles. The quantitative estimate of drug-likeness (QED) is 0.683. The summed E-state index contributed by atoms with van der Waals surface area (Å²) in [5.41, 5.74) is 5.94. The van der Waals surface area contributed by atoms with Crippen LogP contribution in [-0.2, 0) is 0 Å². The molecule has 80 valence electrons. The number of para-hydroxylation sites is 1. The van der Waals surface area contributed by atoms with Gasteiger partial charge in [0.15, 0.2) is 11.5 Å². The summed E-state index contributed by atoms with van der Waals surface area (Å²) < 4.78 is 11.9. The number of aromatic hydroxyl groups is 2. The van der Waals surface area contributed by atoms with Gasteiger partial charge >= 0.3 is 0 Å². The molecule has 5 heteroatoms. The zero-order chi connectivity index (χ0) is 9.84. The fourth-order valence-corrected chi connectivity index (χ4v) is 1.12. The maximum atomic E-state index is 11.9. The predicted molar refractivity (Wildman–Crippen MR) is 54.5 cm³/mol. The molecule has 4 N–H and O–H groups in total. The molecule has 0 saturated carbocycles. The van der Waals surface area contributed by atoms with E-state index < -0.39 is 12.7 Å². The van der Waals surface area contributed by atoms with Crippen LogP contribution in [0, 0.1) is 0 Å². The second kappa shape index (κ2) is 5.67. The lowest BCUT2D eigenvalue weighted by Gasteiger charge is -2.12. The van der Waals surface area contributed by atoms with Gasteiger partial charge in [0, 0.05) is 11.6 Å². The van der Waals surface area contributed by atoms with Gasteiger partial charge < -0.3 is 15.9 Å². The Kier molecular flexibility index (Phi) is 5.27. The van der Waals surface area contributed by atoms with Crippen molar-refractivity contribution in [2.75, 3.05) is 6.67 Å². The molecule has 0 spiro atoms. The van der Waals surface area contributed by atoms with Gasteiger partial charge in [0.25, 0.3) is 0 Å².